The van der Waals surface area contributed by atoms with Crippen LogP contribution in [-0.2, 0) is 4.79 Å². The zero-order chi connectivity index (χ0) is 14.4. The molecule has 1 amide bonds. The SMILES string of the molecule is CCN1C(=O)[C@H]2CCCN2c2nc(NC3CCC3)ccc21. The topological polar surface area (TPSA) is 48.5 Å². The normalized spacial score (nSPS) is 24.6. The molecule has 5 heteroatoms. The lowest BCUT2D eigenvalue weighted by molar-refractivity contribution is -0.119. The third-order valence-electron chi connectivity index (χ3n) is 4.99. The van der Waals surface area contributed by atoms with Crippen LogP contribution in [0.2, 0.25) is 0 Å². The highest BCUT2D eigenvalue weighted by Gasteiger charge is 2.41. The molecule has 1 aliphatic carbocycles. The fourth-order valence-corrected chi connectivity index (χ4v) is 3.61. The van der Waals surface area contributed by atoms with Crippen LogP contribution >= 0.6 is 0 Å². The minimum Gasteiger partial charge on any atom is -0.367 e. The third-order valence-corrected chi connectivity index (χ3v) is 4.99. The molecule has 0 radical (unpaired) electrons. The zero-order valence-electron chi connectivity index (χ0n) is 12.5. The lowest BCUT2D eigenvalue weighted by Crippen LogP contribution is -2.51. The predicted molar refractivity (Wildman–Crippen MR) is 83.9 cm³/mol. The van der Waals surface area contributed by atoms with Crippen molar-refractivity contribution in [2.24, 2.45) is 0 Å². The minimum absolute atomic E-state index is 0.00361. The molecule has 0 spiro atoms. The molecule has 1 N–H and O–H groups in total. The van der Waals surface area contributed by atoms with E-state index in [1.165, 1.54) is 19.3 Å². The van der Waals surface area contributed by atoms with Gasteiger partial charge in [-0.05, 0) is 51.2 Å². The number of hydrogen-bond donors (Lipinski definition) is 1. The Morgan fingerprint density at radius 2 is 2.14 bits per heavy atom. The molecule has 5 nitrogen and oxygen atoms in total. The highest BCUT2D eigenvalue weighted by atomic mass is 16.2. The Morgan fingerprint density at radius 3 is 2.86 bits per heavy atom. The van der Waals surface area contributed by atoms with Crippen LogP contribution < -0.4 is 15.1 Å². The number of aromatic nitrogens is 1. The fraction of sp³-hybridized carbons (Fsp3) is 0.625. The first-order chi connectivity index (χ1) is 10.3. The maximum Gasteiger partial charge on any atom is 0.249 e. The van der Waals surface area contributed by atoms with Crippen molar-refractivity contribution in [3.63, 3.8) is 0 Å². The van der Waals surface area contributed by atoms with E-state index in [9.17, 15) is 4.79 Å². The largest absolute Gasteiger partial charge is 0.367 e. The van der Waals surface area contributed by atoms with Crippen molar-refractivity contribution in [2.75, 3.05) is 28.2 Å². The summed E-state index contributed by atoms with van der Waals surface area (Å²) in [5, 5.41) is 3.51. The summed E-state index contributed by atoms with van der Waals surface area (Å²) in [4.78, 5) is 21.5. The standard InChI is InChI=1S/C16H22N4O/c1-2-19-12-8-9-14(17-11-5-3-6-11)18-15(12)20-10-4-7-13(20)16(19)21/h8-9,11,13H,2-7,10H2,1H3,(H,17,18)/t13-/m1/s1. The van der Waals surface area contributed by atoms with Gasteiger partial charge in [0, 0.05) is 19.1 Å². The summed E-state index contributed by atoms with van der Waals surface area (Å²) in [5.74, 6) is 2.18. The van der Waals surface area contributed by atoms with Gasteiger partial charge in [0.15, 0.2) is 5.82 Å². The number of carbonyl (C=O) groups excluding carboxylic acids is 1. The van der Waals surface area contributed by atoms with E-state index in [2.05, 4.69) is 16.3 Å². The van der Waals surface area contributed by atoms with E-state index < -0.39 is 0 Å². The Hall–Kier alpha value is -1.78. The molecule has 1 atom stereocenters. The number of nitrogens with zero attached hydrogens (tertiary/aromatic N) is 3. The van der Waals surface area contributed by atoms with Gasteiger partial charge < -0.3 is 15.1 Å². The smallest absolute Gasteiger partial charge is 0.249 e. The molecule has 3 heterocycles. The molecule has 0 bridgehead atoms. The Kier molecular flexibility index (Phi) is 3.01. The second-order valence-corrected chi connectivity index (χ2v) is 6.25. The summed E-state index contributed by atoms with van der Waals surface area (Å²) >= 11 is 0. The fourth-order valence-electron chi connectivity index (χ4n) is 3.61. The molecule has 1 aromatic rings. The molecule has 112 valence electrons. The van der Waals surface area contributed by atoms with Gasteiger partial charge in [-0.1, -0.05) is 0 Å². The van der Waals surface area contributed by atoms with Crippen molar-refractivity contribution in [2.45, 2.75) is 51.1 Å². The van der Waals surface area contributed by atoms with Crippen LogP contribution in [0.5, 0.6) is 0 Å². The average molecular weight is 286 g/mol. The number of pyridine rings is 1. The highest BCUT2D eigenvalue weighted by Crippen LogP contribution is 2.39. The van der Waals surface area contributed by atoms with Crippen LogP contribution in [0, 0.1) is 0 Å². The minimum atomic E-state index is 0.00361. The van der Waals surface area contributed by atoms with E-state index in [0.29, 0.717) is 12.6 Å². The molecule has 4 rings (SSSR count). The van der Waals surface area contributed by atoms with E-state index in [-0.39, 0.29) is 11.9 Å². The van der Waals surface area contributed by atoms with Crippen molar-refractivity contribution in [3.8, 4) is 0 Å². The zero-order valence-corrected chi connectivity index (χ0v) is 12.5. The van der Waals surface area contributed by atoms with E-state index >= 15 is 0 Å². The lowest BCUT2D eigenvalue weighted by Gasteiger charge is -2.38. The number of fused-ring (bicyclic) bond motifs is 3. The van der Waals surface area contributed by atoms with Crippen LogP contribution in [0.3, 0.4) is 0 Å². The van der Waals surface area contributed by atoms with Gasteiger partial charge in [0.25, 0.3) is 0 Å². The first-order valence-electron chi connectivity index (χ1n) is 8.13. The Bertz CT molecular complexity index is 569. The molecular formula is C16H22N4O. The van der Waals surface area contributed by atoms with E-state index in [4.69, 9.17) is 4.98 Å². The number of anilines is 3. The third kappa shape index (κ3) is 1.98. The summed E-state index contributed by atoms with van der Waals surface area (Å²) in [5.41, 5.74) is 0.972. The predicted octanol–water partition coefficient (Wildman–Crippen LogP) is 2.38. The average Bonchev–Trinajstić information content (AvgIpc) is 2.94. The van der Waals surface area contributed by atoms with Crippen molar-refractivity contribution >= 4 is 23.2 Å². The highest BCUT2D eigenvalue weighted by molar-refractivity contribution is 6.05. The van der Waals surface area contributed by atoms with Crippen LogP contribution in [0.15, 0.2) is 12.1 Å². The van der Waals surface area contributed by atoms with Gasteiger partial charge >= 0.3 is 0 Å². The molecule has 0 aromatic carbocycles. The van der Waals surface area contributed by atoms with Crippen molar-refractivity contribution in [1.82, 2.24) is 4.98 Å². The molecule has 2 fully saturated rings. The molecule has 3 aliphatic rings. The summed E-state index contributed by atoms with van der Waals surface area (Å²) in [7, 11) is 0. The van der Waals surface area contributed by atoms with Gasteiger partial charge in [0.05, 0.1) is 5.69 Å². The Balaban J connectivity index is 1.70. The number of carbonyl (C=O) groups is 1. The first kappa shape index (κ1) is 12.9. The molecule has 0 unspecified atom stereocenters. The lowest BCUT2D eigenvalue weighted by atomic mass is 9.93. The quantitative estimate of drug-likeness (QED) is 0.927. The molecule has 1 aromatic heterocycles. The van der Waals surface area contributed by atoms with Crippen LogP contribution in [0.1, 0.15) is 39.0 Å². The first-order valence-corrected chi connectivity index (χ1v) is 8.13. The second-order valence-electron chi connectivity index (χ2n) is 6.25. The van der Waals surface area contributed by atoms with Gasteiger partial charge in [0.2, 0.25) is 5.91 Å². The number of likely N-dealkylation sites (N-methyl/N-ethyl adjacent to an activating group) is 1. The summed E-state index contributed by atoms with van der Waals surface area (Å²) in [6.07, 6.45) is 5.83. The number of rotatable bonds is 3. The maximum absolute atomic E-state index is 12.6. The number of hydrogen-bond acceptors (Lipinski definition) is 4. The summed E-state index contributed by atoms with van der Waals surface area (Å²) in [6, 6.07) is 4.66. The Morgan fingerprint density at radius 1 is 1.29 bits per heavy atom. The van der Waals surface area contributed by atoms with Crippen molar-refractivity contribution in [3.05, 3.63) is 12.1 Å². The second kappa shape index (κ2) is 4.90. The van der Waals surface area contributed by atoms with Crippen LogP contribution in [0.4, 0.5) is 17.3 Å². The van der Waals surface area contributed by atoms with Gasteiger partial charge in [-0.15, -0.1) is 0 Å². The van der Waals surface area contributed by atoms with Gasteiger partial charge in [0.1, 0.15) is 11.9 Å². The molecule has 21 heavy (non-hydrogen) atoms. The van der Waals surface area contributed by atoms with Crippen LogP contribution in [0.25, 0.3) is 0 Å². The number of amides is 1. The molecular weight excluding hydrogens is 264 g/mol. The van der Waals surface area contributed by atoms with E-state index in [1.54, 1.807) is 0 Å². The summed E-state index contributed by atoms with van der Waals surface area (Å²) < 4.78 is 0. The Labute approximate surface area is 125 Å². The van der Waals surface area contributed by atoms with Gasteiger partial charge in [-0.25, -0.2) is 4.98 Å². The number of nitrogens with one attached hydrogen (secondary N) is 1. The maximum atomic E-state index is 12.6. The molecule has 1 saturated carbocycles. The van der Waals surface area contributed by atoms with Gasteiger partial charge in [-0.3, -0.25) is 4.79 Å². The van der Waals surface area contributed by atoms with Crippen molar-refractivity contribution < 1.29 is 4.79 Å². The van der Waals surface area contributed by atoms with E-state index in [0.717, 1.165) is 36.7 Å². The van der Waals surface area contributed by atoms with Crippen molar-refractivity contribution in [1.29, 1.82) is 0 Å². The van der Waals surface area contributed by atoms with Crippen LogP contribution in [-0.4, -0.2) is 36.1 Å². The summed E-state index contributed by atoms with van der Waals surface area (Å²) in [6.45, 7) is 3.70. The van der Waals surface area contributed by atoms with Gasteiger partial charge in [-0.2, -0.15) is 0 Å². The van der Waals surface area contributed by atoms with E-state index in [1.807, 2.05) is 17.9 Å². The molecule has 2 aliphatic heterocycles. The monoisotopic (exact) mass is 286 g/mol. The molecule has 1 saturated heterocycles.